The zero-order chi connectivity index (χ0) is 20.1. The highest BCUT2D eigenvalue weighted by Gasteiger charge is 2.12. The van der Waals surface area contributed by atoms with E-state index in [0.29, 0.717) is 28.4 Å². The van der Waals surface area contributed by atoms with Crippen LogP contribution >= 0.6 is 11.3 Å². The quantitative estimate of drug-likeness (QED) is 0.453. The molecule has 1 aromatic heterocycles. The van der Waals surface area contributed by atoms with Gasteiger partial charge in [-0.2, -0.15) is 0 Å². The van der Waals surface area contributed by atoms with Crippen molar-refractivity contribution in [2.24, 2.45) is 0 Å². The summed E-state index contributed by atoms with van der Waals surface area (Å²) in [4.78, 5) is 27.0. The number of benzene rings is 2. The number of carbonyl (C=O) groups excluding carboxylic acids is 1. The van der Waals surface area contributed by atoms with Gasteiger partial charge in [0.2, 0.25) is 5.91 Å². The van der Waals surface area contributed by atoms with E-state index in [1.54, 1.807) is 20.3 Å². The molecule has 0 spiro atoms. The average molecular weight is 401 g/mol. The topological polar surface area (TPSA) is 104 Å². The minimum Gasteiger partial charge on any atom is -0.496 e. The number of nitro benzene ring substituents is 1. The number of carbonyl (C=O) groups is 1. The van der Waals surface area contributed by atoms with Crippen molar-refractivity contribution < 1.29 is 19.2 Å². The summed E-state index contributed by atoms with van der Waals surface area (Å²) in [7, 11) is 3.22. The van der Waals surface area contributed by atoms with Crippen molar-refractivity contribution in [2.45, 2.75) is 19.4 Å². The van der Waals surface area contributed by atoms with Gasteiger partial charge in [0.1, 0.15) is 5.75 Å². The van der Waals surface area contributed by atoms with Crippen LogP contribution in [0.25, 0.3) is 10.2 Å². The molecule has 0 bridgehead atoms. The lowest BCUT2D eigenvalue weighted by Crippen LogP contribution is -2.12. The third-order valence-corrected chi connectivity index (χ3v) is 5.05. The van der Waals surface area contributed by atoms with Gasteiger partial charge in [-0.05, 0) is 24.1 Å². The van der Waals surface area contributed by atoms with Crippen LogP contribution in [0.4, 0.5) is 10.8 Å². The van der Waals surface area contributed by atoms with Crippen LogP contribution in [0.15, 0.2) is 36.4 Å². The van der Waals surface area contributed by atoms with Gasteiger partial charge in [0.15, 0.2) is 5.13 Å². The summed E-state index contributed by atoms with van der Waals surface area (Å²) in [5.41, 5.74) is 2.54. The standard InChI is InChI=1S/C19H19N3O5S/c1-26-11-13-5-3-12(9-16(13)27-2)4-8-18(23)21-19-20-15-7-6-14(22(24)25)10-17(15)28-19/h3,5-7,9-10H,4,8,11H2,1-2H3,(H,20,21,23). The first kappa shape index (κ1) is 19.7. The number of nitrogens with one attached hydrogen (secondary N) is 1. The molecule has 0 fully saturated rings. The highest BCUT2D eigenvalue weighted by Crippen LogP contribution is 2.29. The maximum atomic E-state index is 12.3. The van der Waals surface area contributed by atoms with Gasteiger partial charge in [-0.3, -0.25) is 14.9 Å². The molecule has 0 atom stereocenters. The SMILES string of the molecule is COCc1ccc(CCC(=O)Nc2nc3ccc([N+](=O)[O-])cc3s2)cc1OC. The monoisotopic (exact) mass is 401 g/mol. The van der Waals surface area contributed by atoms with Crippen LogP contribution in [0.5, 0.6) is 5.75 Å². The number of methoxy groups -OCH3 is 2. The van der Waals surface area contributed by atoms with Gasteiger partial charge in [0.25, 0.3) is 5.69 Å². The minimum absolute atomic E-state index is 0.0000984. The zero-order valence-corrected chi connectivity index (χ0v) is 16.2. The van der Waals surface area contributed by atoms with Crippen LogP contribution < -0.4 is 10.1 Å². The Bertz CT molecular complexity index is 1020. The lowest BCUT2D eigenvalue weighted by Gasteiger charge is -2.10. The first-order valence-corrected chi connectivity index (χ1v) is 9.31. The third kappa shape index (κ3) is 4.62. The number of fused-ring (bicyclic) bond motifs is 1. The lowest BCUT2D eigenvalue weighted by molar-refractivity contribution is -0.384. The highest BCUT2D eigenvalue weighted by molar-refractivity contribution is 7.22. The summed E-state index contributed by atoms with van der Waals surface area (Å²) in [5.74, 6) is 0.556. The molecular formula is C19H19N3O5S. The Kier molecular flexibility index (Phi) is 6.17. The normalized spacial score (nSPS) is 10.8. The molecule has 3 aromatic rings. The summed E-state index contributed by atoms with van der Waals surface area (Å²) < 4.78 is 11.2. The first-order chi connectivity index (χ1) is 13.5. The Morgan fingerprint density at radius 3 is 2.79 bits per heavy atom. The van der Waals surface area contributed by atoms with Crippen molar-refractivity contribution in [2.75, 3.05) is 19.5 Å². The van der Waals surface area contributed by atoms with Crippen molar-refractivity contribution in [1.82, 2.24) is 4.98 Å². The minimum atomic E-state index is -0.455. The van der Waals surface area contributed by atoms with Crippen molar-refractivity contribution in [3.8, 4) is 5.75 Å². The van der Waals surface area contributed by atoms with Gasteiger partial charge in [-0.1, -0.05) is 23.5 Å². The smallest absolute Gasteiger partial charge is 0.270 e. The summed E-state index contributed by atoms with van der Waals surface area (Å²) >= 11 is 1.21. The molecule has 0 saturated heterocycles. The number of nitro groups is 1. The van der Waals surface area contributed by atoms with Gasteiger partial charge in [0, 0.05) is 31.2 Å². The van der Waals surface area contributed by atoms with Gasteiger partial charge < -0.3 is 14.8 Å². The summed E-state index contributed by atoms with van der Waals surface area (Å²) in [6.45, 7) is 0.458. The fourth-order valence-corrected chi connectivity index (χ4v) is 3.65. The molecule has 1 N–H and O–H groups in total. The van der Waals surface area contributed by atoms with E-state index in [-0.39, 0.29) is 18.0 Å². The van der Waals surface area contributed by atoms with E-state index in [0.717, 1.165) is 16.9 Å². The number of rotatable bonds is 8. The van der Waals surface area contributed by atoms with E-state index < -0.39 is 4.92 Å². The van der Waals surface area contributed by atoms with Crippen molar-refractivity contribution in [3.63, 3.8) is 0 Å². The number of amides is 1. The van der Waals surface area contributed by atoms with E-state index >= 15 is 0 Å². The highest BCUT2D eigenvalue weighted by atomic mass is 32.1. The van der Waals surface area contributed by atoms with E-state index in [1.165, 1.54) is 23.5 Å². The summed E-state index contributed by atoms with van der Waals surface area (Å²) in [6.07, 6.45) is 0.828. The number of aryl methyl sites for hydroxylation is 1. The van der Waals surface area contributed by atoms with Crippen molar-refractivity contribution in [3.05, 3.63) is 57.6 Å². The van der Waals surface area contributed by atoms with Crippen molar-refractivity contribution in [1.29, 1.82) is 0 Å². The maximum absolute atomic E-state index is 12.3. The predicted molar refractivity (Wildman–Crippen MR) is 107 cm³/mol. The van der Waals surface area contributed by atoms with Crippen LogP contribution in [-0.4, -0.2) is 30.0 Å². The van der Waals surface area contributed by atoms with Crippen LogP contribution in [0, 0.1) is 10.1 Å². The van der Waals surface area contributed by atoms with Crippen LogP contribution in [0.3, 0.4) is 0 Å². The summed E-state index contributed by atoms with van der Waals surface area (Å²) in [5, 5.41) is 14.0. The van der Waals surface area contributed by atoms with Gasteiger partial charge in [-0.15, -0.1) is 0 Å². The average Bonchev–Trinajstić information content (AvgIpc) is 3.08. The Labute approximate surface area is 165 Å². The predicted octanol–water partition coefficient (Wildman–Crippen LogP) is 3.93. The Morgan fingerprint density at radius 1 is 1.25 bits per heavy atom. The molecule has 8 nitrogen and oxygen atoms in total. The molecule has 0 unspecified atom stereocenters. The van der Waals surface area contributed by atoms with E-state index in [9.17, 15) is 14.9 Å². The molecule has 0 saturated carbocycles. The van der Waals surface area contributed by atoms with Crippen LogP contribution in [0.1, 0.15) is 17.5 Å². The largest absolute Gasteiger partial charge is 0.496 e. The maximum Gasteiger partial charge on any atom is 0.270 e. The van der Waals surface area contributed by atoms with Crippen LogP contribution in [0.2, 0.25) is 0 Å². The number of aromatic nitrogens is 1. The Morgan fingerprint density at radius 2 is 2.07 bits per heavy atom. The second-order valence-electron chi connectivity index (χ2n) is 6.06. The molecule has 146 valence electrons. The molecule has 0 aliphatic rings. The molecule has 9 heteroatoms. The molecule has 3 rings (SSSR count). The molecule has 1 amide bonds. The fraction of sp³-hybridized carbons (Fsp3) is 0.263. The fourth-order valence-electron chi connectivity index (χ4n) is 2.74. The Balaban J connectivity index is 1.63. The number of anilines is 1. The number of ether oxygens (including phenoxy) is 2. The molecule has 2 aromatic carbocycles. The molecule has 1 heterocycles. The molecule has 0 aliphatic carbocycles. The third-order valence-electron chi connectivity index (χ3n) is 4.12. The number of thiazole rings is 1. The first-order valence-electron chi connectivity index (χ1n) is 8.49. The molecule has 28 heavy (non-hydrogen) atoms. The number of non-ortho nitro benzene ring substituents is 1. The number of hydrogen-bond acceptors (Lipinski definition) is 7. The molecular weight excluding hydrogens is 382 g/mol. The van der Waals surface area contributed by atoms with Crippen LogP contribution in [-0.2, 0) is 22.6 Å². The molecule has 0 radical (unpaired) electrons. The second kappa shape index (κ2) is 8.77. The van der Waals surface area contributed by atoms with Gasteiger partial charge >= 0.3 is 0 Å². The summed E-state index contributed by atoms with van der Waals surface area (Å²) in [6, 6.07) is 10.2. The Hall–Kier alpha value is -3.04. The zero-order valence-electron chi connectivity index (χ0n) is 15.4. The van der Waals surface area contributed by atoms with E-state index in [2.05, 4.69) is 10.3 Å². The van der Waals surface area contributed by atoms with Gasteiger partial charge in [0.05, 0.1) is 28.9 Å². The van der Waals surface area contributed by atoms with E-state index in [1.807, 2.05) is 18.2 Å². The van der Waals surface area contributed by atoms with Crippen molar-refractivity contribution >= 4 is 38.3 Å². The van der Waals surface area contributed by atoms with Gasteiger partial charge in [-0.25, -0.2) is 4.98 Å². The van der Waals surface area contributed by atoms with E-state index in [4.69, 9.17) is 9.47 Å². The molecule has 0 aliphatic heterocycles. The number of hydrogen-bond donors (Lipinski definition) is 1. The lowest BCUT2D eigenvalue weighted by atomic mass is 10.1. The number of nitrogens with zero attached hydrogens (tertiary/aromatic N) is 2. The second-order valence-corrected chi connectivity index (χ2v) is 7.09.